The molecule has 1 aliphatic rings. The number of likely N-dealkylation sites (tertiary alicyclic amines) is 1. The number of hydrogen-bond donors (Lipinski definition) is 1. The van der Waals surface area contributed by atoms with Crippen LogP contribution in [0.3, 0.4) is 0 Å². The highest BCUT2D eigenvalue weighted by Crippen LogP contribution is 2.31. The van der Waals surface area contributed by atoms with Gasteiger partial charge in [0.1, 0.15) is 11.8 Å². The molecule has 1 saturated heterocycles. The van der Waals surface area contributed by atoms with Crippen LogP contribution in [-0.2, 0) is 20.8 Å². The number of esters is 1. The van der Waals surface area contributed by atoms with Gasteiger partial charge in [-0.05, 0) is 54.5 Å². The Balaban J connectivity index is 1.74. The van der Waals surface area contributed by atoms with Crippen molar-refractivity contribution in [1.29, 1.82) is 0 Å². The van der Waals surface area contributed by atoms with Gasteiger partial charge >= 0.3 is 5.97 Å². The topological polar surface area (TPSA) is 124 Å². The number of pyridine rings is 1. The Labute approximate surface area is 197 Å². The van der Waals surface area contributed by atoms with Crippen molar-refractivity contribution >= 4 is 16.9 Å². The lowest BCUT2D eigenvalue weighted by Gasteiger charge is -2.36. The maximum absolute atomic E-state index is 13.3. The molecule has 4 rings (SSSR count). The van der Waals surface area contributed by atoms with Gasteiger partial charge in [-0.1, -0.05) is 0 Å². The SMILES string of the molecule is CCOC(=O)C1CCN([C@@H](c2cc3cc(OC)ccc3[nH]c2=O)c2nnnn2CCOC)CC1. The highest BCUT2D eigenvalue weighted by molar-refractivity contribution is 5.80. The minimum Gasteiger partial charge on any atom is -0.497 e. The number of aromatic nitrogens is 5. The molecule has 182 valence electrons. The van der Waals surface area contributed by atoms with E-state index < -0.39 is 6.04 Å². The minimum absolute atomic E-state index is 0.152. The van der Waals surface area contributed by atoms with E-state index in [9.17, 15) is 9.59 Å². The Bertz CT molecular complexity index is 1180. The van der Waals surface area contributed by atoms with Crippen LogP contribution >= 0.6 is 0 Å². The number of fused-ring (bicyclic) bond motifs is 1. The zero-order valence-electron chi connectivity index (χ0n) is 19.7. The van der Waals surface area contributed by atoms with E-state index in [1.807, 2.05) is 25.1 Å². The van der Waals surface area contributed by atoms with E-state index in [2.05, 4.69) is 25.4 Å². The molecule has 3 aromatic rings. The average Bonchev–Trinajstić information content (AvgIpc) is 3.31. The number of aromatic amines is 1. The Hall–Kier alpha value is -3.31. The van der Waals surface area contributed by atoms with Crippen LogP contribution in [0.2, 0.25) is 0 Å². The molecule has 0 bridgehead atoms. The quantitative estimate of drug-likeness (QED) is 0.464. The molecule has 0 saturated carbocycles. The first kappa shape index (κ1) is 23.8. The van der Waals surface area contributed by atoms with Crippen LogP contribution in [0.25, 0.3) is 10.9 Å². The van der Waals surface area contributed by atoms with E-state index in [0.717, 1.165) is 5.39 Å². The van der Waals surface area contributed by atoms with Gasteiger partial charge in [-0.25, -0.2) is 4.68 Å². The van der Waals surface area contributed by atoms with Gasteiger partial charge in [0.05, 0.1) is 32.8 Å². The van der Waals surface area contributed by atoms with Crippen molar-refractivity contribution < 1.29 is 19.0 Å². The van der Waals surface area contributed by atoms with Crippen LogP contribution in [0.5, 0.6) is 5.75 Å². The summed E-state index contributed by atoms with van der Waals surface area (Å²) in [6.07, 6.45) is 1.27. The number of nitrogens with one attached hydrogen (secondary N) is 1. The van der Waals surface area contributed by atoms with Crippen LogP contribution in [0.15, 0.2) is 29.1 Å². The lowest BCUT2D eigenvalue weighted by molar-refractivity contribution is -0.149. The van der Waals surface area contributed by atoms with Crippen molar-refractivity contribution in [3.8, 4) is 5.75 Å². The van der Waals surface area contributed by atoms with Crippen molar-refractivity contribution in [2.75, 3.05) is 40.5 Å². The summed E-state index contributed by atoms with van der Waals surface area (Å²) in [7, 11) is 3.22. The third-order valence-electron chi connectivity index (χ3n) is 6.20. The molecular weight excluding hydrogens is 440 g/mol. The van der Waals surface area contributed by atoms with Crippen molar-refractivity contribution in [3.05, 3.63) is 46.0 Å². The smallest absolute Gasteiger partial charge is 0.309 e. The molecule has 34 heavy (non-hydrogen) atoms. The molecular formula is C23H30N6O5. The summed E-state index contributed by atoms with van der Waals surface area (Å²) in [4.78, 5) is 30.6. The molecule has 1 fully saturated rings. The summed E-state index contributed by atoms with van der Waals surface area (Å²) in [6, 6.07) is 6.89. The Kier molecular flexibility index (Phi) is 7.53. The van der Waals surface area contributed by atoms with Crippen LogP contribution in [0, 0.1) is 5.92 Å². The van der Waals surface area contributed by atoms with Gasteiger partial charge in [-0.2, -0.15) is 0 Å². The van der Waals surface area contributed by atoms with E-state index in [0.29, 0.717) is 68.3 Å². The molecule has 11 nitrogen and oxygen atoms in total. The van der Waals surface area contributed by atoms with Crippen molar-refractivity contribution in [3.63, 3.8) is 0 Å². The summed E-state index contributed by atoms with van der Waals surface area (Å²) in [5.41, 5.74) is 1.04. The summed E-state index contributed by atoms with van der Waals surface area (Å²) >= 11 is 0. The number of tetrazole rings is 1. The Morgan fingerprint density at radius 2 is 2.03 bits per heavy atom. The minimum atomic E-state index is -0.491. The molecule has 0 unspecified atom stereocenters. The fourth-order valence-corrected chi connectivity index (χ4v) is 4.43. The second kappa shape index (κ2) is 10.7. The highest BCUT2D eigenvalue weighted by Gasteiger charge is 2.35. The van der Waals surface area contributed by atoms with Crippen LogP contribution < -0.4 is 10.3 Å². The Morgan fingerprint density at radius 3 is 2.74 bits per heavy atom. The summed E-state index contributed by atoms with van der Waals surface area (Å²) in [5, 5.41) is 13.1. The standard InChI is InChI=1S/C23H30N6O5/c1-4-34-23(31)15-7-9-28(10-8-15)20(21-25-26-27-29(21)11-12-32-2)18-14-16-13-17(33-3)5-6-19(16)24-22(18)30/h5-6,13-15,20H,4,7-12H2,1-3H3,(H,24,30)/t20-/m0/s1. The van der Waals surface area contributed by atoms with Gasteiger partial charge in [0.25, 0.3) is 5.56 Å². The number of benzene rings is 1. The van der Waals surface area contributed by atoms with Gasteiger partial charge in [-0.15, -0.1) is 5.10 Å². The normalized spacial score (nSPS) is 16.0. The van der Waals surface area contributed by atoms with E-state index in [-0.39, 0.29) is 17.4 Å². The van der Waals surface area contributed by atoms with Crippen molar-refractivity contribution in [1.82, 2.24) is 30.1 Å². The lowest BCUT2D eigenvalue weighted by atomic mass is 9.94. The molecule has 11 heteroatoms. The third-order valence-corrected chi connectivity index (χ3v) is 6.20. The van der Waals surface area contributed by atoms with E-state index in [4.69, 9.17) is 14.2 Å². The Morgan fingerprint density at radius 1 is 1.24 bits per heavy atom. The molecule has 0 radical (unpaired) electrons. The van der Waals surface area contributed by atoms with Gasteiger partial charge < -0.3 is 19.2 Å². The highest BCUT2D eigenvalue weighted by atomic mass is 16.5. The molecule has 1 aliphatic heterocycles. The van der Waals surface area contributed by atoms with E-state index >= 15 is 0 Å². The number of carbonyl (C=O) groups is 1. The first-order chi connectivity index (χ1) is 16.5. The first-order valence-electron chi connectivity index (χ1n) is 11.4. The number of rotatable bonds is 9. The van der Waals surface area contributed by atoms with E-state index in [1.54, 1.807) is 25.0 Å². The summed E-state index contributed by atoms with van der Waals surface area (Å²) < 4.78 is 17.4. The monoisotopic (exact) mass is 470 g/mol. The van der Waals surface area contributed by atoms with Gasteiger partial charge in [-0.3, -0.25) is 14.5 Å². The predicted octanol–water partition coefficient (Wildman–Crippen LogP) is 1.53. The molecule has 2 aromatic heterocycles. The summed E-state index contributed by atoms with van der Waals surface area (Å²) in [6.45, 7) is 4.26. The van der Waals surface area contributed by atoms with Crippen LogP contribution in [0.4, 0.5) is 0 Å². The molecule has 0 spiro atoms. The number of methoxy groups -OCH3 is 2. The van der Waals surface area contributed by atoms with Crippen molar-refractivity contribution in [2.45, 2.75) is 32.4 Å². The molecule has 1 N–H and O–H groups in total. The molecule has 0 aliphatic carbocycles. The van der Waals surface area contributed by atoms with Gasteiger partial charge in [0.2, 0.25) is 0 Å². The molecule has 3 heterocycles. The maximum atomic E-state index is 13.3. The lowest BCUT2D eigenvalue weighted by Crippen LogP contribution is -2.42. The maximum Gasteiger partial charge on any atom is 0.309 e. The number of piperidine rings is 1. The molecule has 0 amide bonds. The summed E-state index contributed by atoms with van der Waals surface area (Å²) in [5.74, 6) is 0.932. The second-order valence-electron chi connectivity index (χ2n) is 8.22. The molecule has 1 atom stereocenters. The first-order valence-corrected chi connectivity index (χ1v) is 11.4. The van der Waals surface area contributed by atoms with Crippen LogP contribution in [-0.4, -0.2) is 76.6 Å². The number of carbonyl (C=O) groups excluding carboxylic acids is 1. The predicted molar refractivity (Wildman–Crippen MR) is 124 cm³/mol. The fourth-order valence-electron chi connectivity index (χ4n) is 4.43. The number of ether oxygens (including phenoxy) is 3. The number of H-pyrrole nitrogens is 1. The van der Waals surface area contributed by atoms with Gasteiger partial charge in [0, 0.05) is 36.7 Å². The average molecular weight is 471 g/mol. The van der Waals surface area contributed by atoms with E-state index in [1.165, 1.54) is 0 Å². The number of nitrogens with zero attached hydrogens (tertiary/aromatic N) is 5. The number of hydrogen-bond acceptors (Lipinski definition) is 9. The van der Waals surface area contributed by atoms with Crippen LogP contribution in [0.1, 0.15) is 37.2 Å². The van der Waals surface area contributed by atoms with Crippen molar-refractivity contribution in [2.24, 2.45) is 5.92 Å². The fraction of sp³-hybridized carbons (Fsp3) is 0.522. The third kappa shape index (κ3) is 4.95. The zero-order chi connectivity index (χ0) is 24.1. The van der Waals surface area contributed by atoms with Gasteiger partial charge in [0.15, 0.2) is 5.82 Å². The zero-order valence-corrected chi connectivity index (χ0v) is 19.7. The largest absolute Gasteiger partial charge is 0.497 e. The molecule has 1 aromatic carbocycles. The second-order valence-corrected chi connectivity index (χ2v) is 8.22.